The van der Waals surface area contributed by atoms with Crippen LogP contribution in [0.2, 0.25) is 0 Å². The average Bonchev–Trinajstić information content (AvgIpc) is 3.41. The second-order valence-electron chi connectivity index (χ2n) is 7.45. The Morgan fingerprint density at radius 2 is 2.17 bits per heavy atom. The number of esters is 1. The largest absolute Gasteiger partial charge is 0.480 e. The maximum absolute atomic E-state index is 13.2. The van der Waals surface area contributed by atoms with Gasteiger partial charge in [-0.1, -0.05) is 6.42 Å². The van der Waals surface area contributed by atoms with Crippen LogP contribution in [0.5, 0.6) is 0 Å². The number of nitrogens with one attached hydrogen (secondary N) is 2. The summed E-state index contributed by atoms with van der Waals surface area (Å²) in [7, 11) is 0. The number of aryl methyl sites for hydroxylation is 1. The Labute approximate surface area is 176 Å². The molecule has 1 aromatic rings. The van der Waals surface area contributed by atoms with Crippen LogP contribution in [-0.2, 0) is 25.5 Å². The number of hydrogen-bond acceptors (Lipinski definition) is 7. The second kappa shape index (κ2) is 12.3. The number of nitrogens with zero attached hydrogens (tertiary/aromatic N) is 2. The number of carbonyl (C=O) groups excluding carboxylic acids is 2. The molecule has 10 heteroatoms. The molecule has 1 aromatic heterocycles. The zero-order valence-electron chi connectivity index (χ0n) is 17.5. The summed E-state index contributed by atoms with van der Waals surface area (Å²) in [6.07, 6.45) is 7.24. The van der Waals surface area contributed by atoms with Gasteiger partial charge in [0.15, 0.2) is 0 Å². The molecule has 1 aliphatic heterocycles. The van der Waals surface area contributed by atoms with Crippen molar-refractivity contribution >= 4 is 17.8 Å². The third-order valence-electron chi connectivity index (χ3n) is 5.30. The van der Waals surface area contributed by atoms with Crippen molar-refractivity contribution in [1.82, 2.24) is 20.2 Å². The van der Waals surface area contributed by atoms with E-state index >= 15 is 0 Å². The van der Waals surface area contributed by atoms with E-state index in [1.165, 1.54) is 4.90 Å². The van der Waals surface area contributed by atoms with Crippen molar-refractivity contribution in [2.45, 2.75) is 70.0 Å². The first kappa shape index (κ1) is 23.8. The first-order chi connectivity index (χ1) is 14.5. The number of hydrogen-bond donors (Lipinski definition) is 4. The summed E-state index contributed by atoms with van der Waals surface area (Å²) >= 11 is 0. The van der Waals surface area contributed by atoms with Crippen LogP contribution < -0.4 is 11.1 Å². The molecule has 5 N–H and O–H groups in total. The van der Waals surface area contributed by atoms with E-state index in [-0.39, 0.29) is 12.5 Å². The number of unbranched alkanes of at least 4 members (excludes halogenated alkanes) is 1. The lowest BCUT2D eigenvalue weighted by Crippen LogP contribution is -2.54. The third kappa shape index (κ3) is 6.81. The number of likely N-dealkylation sites (tertiary alicyclic amines) is 1. The van der Waals surface area contributed by atoms with E-state index in [0.717, 1.165) is 12.1 Å². The van der Waals surface area contributed by atoms with Crippen LogP contribution >= 0.6 is 0 Å². The van der Waals surface area contributed by atoms with Crippen molar-refractivity contribution in [1.29, 1.82) is 0 Å². The topological polar surface area (TPSA) is 151 Å². The molecule has 1 fully saturated rings. The maximum Gasteiger partial charge on any atom is 0.326 e. The monoisotopic (exact) mass is 423 g/mol. The first-order valence-electron chi connectivity index (χ1n) is 10.6. The van der Waals surface area contributed by atoms with Crippen molar-refractivity contribution in [3.05, 3.63) is 18.2 Å². The van der Waals surface area contributed by atoms with Crippen LogP contribution in [0, 0.1) is 0 Å². The smallest absolute Gasteiger partial charge is 0.326 e. The summed E-state index contributed by atoms with van der Waals surface area (Å²) in [5, 5.41) is 12.6. The minimum absolute atomic E-state index is 0.236. The highest BCUT2D eigenvalue weighted by Gasteiger charge is 2.38. The van der Waals surface area contributed by atoms with Crippen LogP contribution in [0.15, 0.2) is 12.5 Å². The SMILES string of the molecule is CCOC(=O)[C@H](CCc1cnc[nH]1)N[C@@H](CCCCN)C(=O)N1CCC[C@H]1C(=O)O. The molecular weight excluding hydrogens is 390 g/mol. The van der Waals surface area contributed by atoms with Crippen molar-refractivity contribution < 1.29 is 24.2 Å². The molecule has 168 valence electrons. The number of aromatic amines is 1. The van der Waals surface area contributed by atoms with E-state index in [9.17, 15) is 19.5 Å². The number of aromatic nitrogens is 2. The highest BCUT2D eigenvalue weighted by atomic mass is 16.5. The van der Waals surface area contributed by atoms with Crippen molar-refractivity contribution in [3.63, 3.8) is 0 Å². The molecule has 2 rings (SSSR count). The van der Waals surface area contributed by atoms with E-state index < -0.39 is 30.1 Å². The number of nitrogens with two attached hydrogens (primary N) is 1. The summed E-state index contributed by atoms with van der Waals surface area (Å²) in [6.45, 7) is 2.88. The molecule has 1 aliphatic rings. The molecule has 0 unspecified atom stereocenters. The Morgan fingerprint density at radius 3 is 2.80 bits per heavy atom. The van der Waals surface area contributed by atoms with Crippen molar-refractivity contribution in [3.8, 4) is 0 Å². The van der Waals surface area contributed by atoms with Gasteiger partial charge in [-0.2, -0.15) is 0 Å². The number of amides is 1. The zero-order valence-corrected chi connectivity index (χ0v) is 17.5. The molecule has 1 amide bonds. The lowest BCUT2D eigenvalue weighted by atomic mass is 10.0. The zero-order chi connectivity index (χ0) is 21.9. The number of rotatable bonds is 13. The Kier molecular flexibility index (Phi) is 9.75. The predicted octanol–water partition coefficient (Wildman–Crippen LogP) is 0.437. The van der Waals surface area contributed by atoms with Crippen LogP contribution in [0.25, 0.3) is 0 Å². The molecule has 0 spiro atoms. The fourth-order valence-electron chi connectivity index (χ4n) is 3.73. The summed E-state index contributed by atoms with van der Waals surface area (Å²) in [6, 6.07) is -2.18. The van der Waals surface area contributed by atoms with Gasteiger partial charge in [0.2, 0.25) is 5.91 Å². The van der Waals surface area contributed by atoms with E-state index in [0.29, 0.717) is 51.6 Å². The number of carboxylic acid groups (broad SMARTS) is 1. The number of imidazole rings is 1. The van der Waals surface area contributed by atoms with Gasteiger partial charge in [0, 0.05) is 18.4 Å². The minimum Gasteiger partial charge on any atom is -0.480 e. The molecule has 30 heavy (non-hydrogen) atoms. The standard InChI is InChI=1S/C20H33N5O5/c1-2-30-20(29)16(9-8-14-12-22-13-23-14)24-15(6-3-4-10-21)18(26)25-11-5-7-17(25)19(27)28/h12-13,15-17,24H,2-11,21H2,1H3,(H,22,23)(H,27,28)/t15-,16-,17-/m0/s1. The van der Waals surface area contributed by atoms with E-state index in [1.54, 1.807) is 19.4 Å². The summed E-state index contributed by atoms with van der Waals surface area (Å²) in [5.41, 5.74) is 6.47. The van der Waals surface area contributed by atoms with E-state index in [1.807, 2.05) is 0 Å². The Hall–Kier alpha value is -2.46. The Bertz CT molecular complexity index is 681. The number of aliphatic carboxylic acids is 1. The van der Waals surface area contributed by atoms with Gasteiger partial charge in [0.05, 0.1) is 19.0 Å². The summed E-state index contributed by atoms with van der Waals surface area (Å²) in [4.78, 5) is 45.7. The molecule has 2 heterocycles. The molecule has 0 saturated carbocycles. The predicted molar refractivity (Wildman–Crippen MR) is 110 cm³/mol. The Morgan fingerprint density at radius 1 is 1.37 bits per heavy atom. The molecule has 0 bridgehead atoms. The lowest BCUT2D eigenvalue weighted by Gasteiger charge is -2.30. The van der Waals surface area contributed by atoms with E-state index in [2.05, 4.69) is 15.3 Å². The summed E-state index contributed by atoms with van der Waals surface area (Å²) < 4.78 is 5.20. The van der Waals surface area contributed by atoms with Gasteiger partial charge in [-0.25, -0.2) is 9.78 Å². The molecule has 0 aromatic carbocycles. The molecule has 1 saturated heterocycles. The van der Waals surface area contributed by atoms with Gasteiger partial charge in [0.1, 0.15) is 12.1 Å². The van der Waals surface area contributed by atoms with Crippen LogP contribution in [0.4, 0.5) is 0 Å². The quantitative estimate of drug-likeness (QED) is 0.263. The van der Waals surface area contributed by atoms with Crippen molar-refractivity contribution in [2.75, 3.05) is 19.7 Å². The second-order valence-corrected chi connectivity index (χ2v) is 7.45. The van der Waals surface area contributed by atoms with Crippen LogP contribution in [0.1, 0.15) is 51.1 Å². The Balaban J connectivity index is 2.13. The van der Waals surface area contributed by atoms with Crippen LogP contribution in [-0.4, -0.2) is 75.6 Å². The fraction of sp³-hybridized carbons (Fsp3) is 0.700. The summed E-state index contributed by atoms with van der Waals surface area (Å²) in [5.74, 6) is -1.71. The normalized spacial score (nSPS) is 18.2. The lowest BCUT2D eigenvalue weighted by molar-refractivity contribution is -0.150. The van der Waals surface area contributed by atoms with Gasteiger partial charge in [-0.3, -0.25) is 14.9 Å². The van der Waals surface area contributed by atoms with Gasteiger partial charge in [0.25, 0.3) is 0 Å². The molecule has 0 radical (unpaired) electrons. The number of carbonyl (C=O) groups is 3. The third-order valence-corrected chi connectivity index (χ3v) is 5.30. The number of ether oxygens (including phenoxy) is 1. The van der Waals surface area contributed by atoms with Gasteiger partial charge in [-0.05, 0) is 52.0 Å². The highest BCUT2D eigenvalue weighted by Crippen LogP contribution is 2.20. The first-order valence-corrected chi connectivity index (χ1v) is 10.6. The number of H-pyrrole nitrogens is 1. The van der Waals surface area contributed by atoms with E-state index in [4.69, 9.17) is 10.5 Å². The minimum atomic E-state index is -0.997. The number of carboxylic acids is 1. The fourth-order valence-corrected chi connectivity index (χ4v) is 3.73. The van der Waals surface area contributed by atoms with Crippen LogP contribution in [0.3, 0.4) is 0 Å². The van der Waals surface area contributed by atoms with Crippen molar-refractivity contribution in [2.24, 2.45) is 5.73 Å². The molecular formula is C20H33N5O5. The molecule has 0 aliphatic carbocycles. The maximum atomic E-state index is 13.2. The van der Waals surface area contributed by atoms with Gasteiger partial charge < -0.3 is 25.5 Å². The van der Waals surface area contributed by atoms with Gasteiger partial charge in [-0.15, -0.1) is 0 Å². The van der Waals surface area contributed by atoms with Gasteiger partial charge >= 0.3 is 11.9 Å². The average molecular weight is 424 g/mol. The highest BCUT2D eigenvalue weighted by molar-refractivity contribution is 5.88. The molecule has 3 atom stereocenters. The molecule has 10 nitrogen and oxygen atoms in total.